The Kier molecular flexibility index (Phi) is 2.45. The van der Waals surface area contributed by atoms with Crippen LogP contribution in [0.5, 0.6) is 0 Å². The molecule has 0 saturated heterocycles. The fourth-order valence-corrected chi connectivity index (χ4v) is 2.42. The van der Waals surface area contributed by atoms with Gasteiger partial charge in [0.05, 0.1) is 5.39 Å². The Morgan fingerprint density at radius 2 is 2.12 bits per heavy atom. The molecular weight excluding hydrogens is 232 g/mol. The van der Waals surface area contributed by atoms with Crippen LogP contribution in [0.4, 0.5) is 5.82 Å². The van der Waals surface area contributed by atoms with Gasteiger partial charge in [-0.1, -0.05) is 6.07 Å². The van der Waals surface area contributed by atoms with Crippen LogP contribution < -0.4 is 5.32 Å². The van der Waals surface area contributed by atoms with E-state index in [9.17, 15) is 0 Å². The van der Waals surface area contributed by atoms with Crippen LogP contribution in [0.3, 0.4) is 0 Å². The summed E-state index contributed by atoms with van der Waals surface area (Å²) in [4.78, 5) is 14.2. The molecule has 0 unspecified atom stereocenters. The molecule has 0 atom stereocenters. The molecule has 3 aromatic heterocycles. The molecule has 0 amide bonds. The maximum Gasteiger partial charge on any atom is 0.181 e. The maximum absolute atomic E-state index is 4.52. The Morgan fingerprint density at radius 1 is 1.18 bits per heavy atom. The highest BCUT2D eigenvalue weighted by Gasteiger charge is 2.09. The Morgan fingerprint density at radius 3 is 2.88 bits per heavy atom. The highest BCUT2D eigenvalue weighted by Crippen LogP contribution is 2.27. The number of aromatic nitrogens is 3. The number of hydrogen-bond donors (Lipinski definition) is 1. The quantitative estimate of drug-likeness (QED) is 0.750. The molecule has 84 valence electrons. The summed E-state index contributed by atoms with van der Waals surface area (Å²) in [6.45, 7) is 0. The van der Waals surface area contributed by atoms with E-state index < -0.39 is 0 Å². The Labute approximate surface area is 102 Å². The SMILES string of the molecule is CNc1nc(-c2ccccn2)nc2sccc12. The van der Waals surface area contributed by atoms with Gasteiger partial charge in [0.25, 0.3) is 0 Å². The Balaban J connectivity index is 2.24. The van der Waals surface area contributed by atoms with Gasteiger partial charge in [0.2, 0.25) is 0 Å². The number of rotatable bonds is 2. The Hall–Kier alpha value is -2.01. The predicted octanol–water partition coefficient (Wildman–Crippen LogP) is 2.80. The summed E-state index contributed by atoms with van der Waals surface area (Å²) in [6.07, 6.45) is 1.75. The number of hydrogen-bond acceptors (Lipinski definition) is 5. The van der Waals surface area contributed by atoms with Crippen molar-refractivity contribution in [2.45, 2.75) is 0 Å². The molecule has 0 spiro atoms. The van der Waals surface area contributed by atoms with Gasteiger partial charge in [0.15, 0.2) is 5.82 Å². The number of nitrogens with one attached hydrogen (secondary N) is 1. The molecule has 4 nitrogen and oxygen atoms in total. The molecule has 0 bridgehead atoms. The highest BCUT2D eigenvalue weighted by molar-refractivity contribution is 7.16. The average Bonchev–Trinajstić information content (AvgIpc) is 2.86. The van der Waals surface area contributed by atoms with Crippen molar-refractivity contribution in [3.05, 3.63) is 35.8 Å². The van der Waals surface area contributed by atoms with Crippen LogP contribution >= 0.6 is 11.3 Å². The van der Waals surface area contributed by atoms with Crippen LogP contribution in [0.15, 0.2) is 35.8 Å². The normalized spacial score (nSPS) is 10.6. The minimum Gasteiger partial charge on any atom is -0.372 e. The third-order valence-corrected chi connectivity index (χ3v) is 3.26. The molecule has 1 N–H and O–H groups in total. The first-order chi connectivity index (χ1) is 8.38. The first-order valence-corrected chi connectivity index (χ1v) is 6.11. The number of fused-ring (bicyclic) bond motifs is 1. The lowest BCUT2D eigenvalue weighted by Gasteiger charge is -2.04. The molecule has 0 radical (unpaired) electrons. The summed E-state index contributed by atoms with van der Waals surface area (Å²) >= 11 is 1.61. The van der Waals surface area contributed by atoms with Crippen LogP contribution in [0.2, 0.25) is 0 Å². The first kappa shape index (κ1) is 10.2. The molecule has 3 heterocycles. The molecule has 0 aliphatic heterocycles. The lowest BCUT2D eigenvalue weighted by molar-refractivity contribution is 1.18. The van der Waals surface area contributed by atoms with Crippen LogP contribution in [-0.2, 0) is 0 Å². The highest BCUT2D eigenvalue weighted by atomic mass is 32.1. The lowest BCUT2D eigenvalue weighted by atomic mass is 10.3. The van der Waals surface area contributed by atoms with E-state index in [0.717, 1.165) is 21.7 Å². The first-order valence-electron chi connectivity index (χ1n) is 5.23. The van der Waals surface area contributed by atoms with Gasteiger partial charge < -0.3 is 5.32 Å². The second-order valence-electron chi connectivity index (χ2n) is 3.50. The zero-order valence-corrected chi connectivity index (χ0v) is 10.0. The summed E-state index contributed by atoms with van der Waals surface area (Å²) in [6, 6.07) is 7.75. The van der Waals surface area contributed by atoms with Crippen molar-refractivity contribution in [2.75, 3.05) is 12.4 Å². The Bertz CT molecular complexity index is 648. The van der Waals surface area contributed by atoms with Crippen molar-refractivity contribution >= 4 is 27.4 Å². The third kappa shape index (κ3) is 1.74. The number of anilines is 1. The summed E-state index contributed by atoms with van der Waals surface area (Å²) in [5.41, 5.74) is 0.791. The molecule has 3 aromatic rings. The van der Waals surface area contributed by atoms with Crippen molar-refractivity contribution in [2.24, 2.45) is 0 Å². The maximum atomic E-state index is 4.52. The zero-order chi connectivity index (χ0) is 11.7. The largest absolute Gasteiger partial charge is 0.372 e. The standard InChI is InChI=1S/C12H10N4S/c1-13-10-8-5-7-17-12(8)16-11(15-10)9-4-2-3-6-14-9/h2-7H,1H3,(H,13,15,16). The number of nitrogens with zero attached hydrogens (tertiary/aromatic N) is 3. The summed E-state index contributed by atoms with van der Waals surface area (Å²) < 4.78 is 0. The van der Waals surface area contributed by atoms with E-state index in [1.54, 1.807) is 17.5 Å². The van der Waals surface area contributed by atoms with E-state index in [4.69, 9.17) is 0 Å². The van der Waals surface area contributed by atoms with Gasteiger partial charge >= 0.3 is 0 Å². The molecular formula is C12H10N4S. The van der Waals surface area contributed by atoms with Gasteiger partial charge in [-0.3, -0.25) is 4.98 Å². The molecule has 0 aliphatic rings. The predicted molar refractivity (Wildman–Crippen MR) is 70.2 cm³/mol. The molecule has 0 saturated carbocycles. The van der Waals surface area contributed by atoms with E-state index in [0.29, 0.717) is 5.82 Å². The van der Waals surface area contributed by atoms with Crippen LogP contribution in [0.1, 0.15) is 0 Å². The fraction of sp³-hybridized carbons (Fsp3) is 0.0833. The average molecular weight is 242 g/mol. The van der Waals surface area contributed by atoms with Gasteiger partial charge in [-0.2, -0.15) is 0 Å². The topological polar surface area (TPSA) is 50.7 Å². The summed E-state index contributed by atoms with van der Waals surface area (Å²) in [5.74, 6) is 1.50. The van der Waals surface area contributed by atoms with Crippen LogP contribution in [-0.4, -0.2) is 22.0 Å². The van der Waals surface area contributed by atoms with Gasteiger partial charge in [-0.25, -0.2) is 9.97 Å². The van der Waals surface area contributed by atoms with Crippen molar-refractivity contribution < 1.29 is 0 Å². The van der Waals surface area contributed by atoms with E-state index in [1.165, 1.54) is 0 Å². The van der Waals surface area contributed by atoms with E-state index in [1.807, 2.05) is 36.7 Å². The molecule has 0 aromatic carbocycles. The summed E-state index contributed by atoms with van der Waals surface area (Å²) in [7, 11) is 1.86. The monoisotopic (exact) mass is 242 g/mol. The molecule has 3 rings (SSSR count). The molecule has 5 heteroatoms. The van der Waals surface area contributed by atoms with Gasteiger partial charge in [0.1, 0.15) is 16.3 Å². The van der Waals surface area contributed by atoms with E-state index >= 15 is 0 Å². The van der Waals surface area contributed by atoms with Gasteiger partial charge in [0, 0.05) is 13.2 Å². The van der Waals surface area contributed by atoms with Crippen molar-refractivity contribution in [1.29, 1.82) is 0 Å². The molecule has 0 fully saturated rings. The lowest BCUT2D eigenvalue weighted by Crippen LogP contribution is -1.97. The smallest absolute Gasteiger partial charge is 0.181 e. The third-order valence-electron chi connectivity index (χ3n) is 2.46. The minimum absolute atomic E-state index is 0.657. The molecule has 0 aliphatic carbocycles. The fourth-order valence-electron chi connectivity index (χ4n) is 1.66. The number of pyridine rings is 1. The van der Waals surface area contributed by atoms with E-state index in [2.05, 4.69) is 20.3 Å². The minimum atomic E-state index is 0.657. The second-order valence-corrected chi connectivity index (χ2v) is 4.39. The van der Waals surface area contributed by atoms with Crippen molar-refractivity contribution in [3.8, 4) is 11.5 Å². The second kappa shape index (κ2) is 4.10. The van der Waals surface area contributed by atoms with Crippen LogP contribution in [0, 0.1) is 0 Å². The number of thiophene rings is 1. The van der Waals surface area contributed by atoms with Crippen molar-refractivity contribution in [3.63, 3.8) is 0 Å². The van der Waals surface area contributed by atoms with Crippen molar-refractivity contribution in [1.82, 2.24) is 15.0 Å². The van der Waals surface area contributed by atoms with E-state index in [-0.39, 0.29) is 0 Å². The van der Waals surface area contributed by atoms with Gasteiger partial charge in [-0.15, -0.1) is 11.3 Å². The summed E-state index contributed by atoms with van der Waals surface area (Å²) in [5, 5.41) is 6.16. The van der Waals surface area contributed by atoms with Crippen LogP contribution in [0.25, 0.3) is 21.7 Å². The zero-order valence-electron chi connectivity index (χ0n) is 9.21. The molecule has 17 heavy (non-hydrogen) atoms. The van der Waals surface area contributed by atoms with Gasteiger partial charge in [-0.05, 0) is 23.6 Å².